The Hall–Kier alpha value is -2.27. The van der Waals surface area contributed by atoms with E-state index >= 15 is 0 Å². The predicted octanol–water partition coefficient (Wildman–Crippen LogP) is 3.97. The third-order valence-electron chi connectivity index (χ3n) is 4.26. The Morgan fingerprint density at radius 1 is 1.29 bits per heavy atom. The van der Waals surface area contributed by atoms with Gasteiger partial charge in [-0.3, -0.25) is 4.90 Å². The van der Waals surface area contributed by atoms with Crippen molar-refractivity contribution in [2.24, 2.45) is 0 Å². The molecule has 0 radical (unpaired) electrons. The number of nitrogens with zero attached hydrogens (tertiary/aromatic N) is 1. The van der Waals surface area contributed by atoms with Crippen molar-refractivity contribution in [3.8, 4) is 5.75 Å². The van der Waals surface area contributed by atoms with Gasteiger partial charge in [0.05, 0.1) is 20.8 Å². The van der Waals surface area contributed by atoms with E-state index in [4.69, 9.17) is 13.9 Å². The predicted molar refractivity (Wildman–Crippen MR) is 92.3 cm³/mol. The number of furan rings is 1. The fourth-order valence-electron chi connectivity index (χ4n) is 2.77. The maximum absolute atomic E-state index is 11.7. The van der Waals surface area contributed by atoms with Gasteiger partial charge in [0.25, 0.3) is 0 Å². The maximum atomic E-state index is 11.7. The summed E-state index contributed by atoms with van der Waals surface area (Å²) in [7, 11) is 3.04. The molecule has 0 aliphatic carbocycles. The highest BCUT2D eigenvalue weighted by atomic mass is 16.5. The molecule has 1 aromatic heterocycles. The molecule has 1 atom stereocenters. The van der Waals surface area contributed by atoms with Crippen LogP contribution in [0.15, 0.2) is 34.7 Å². The molecule has 5 heteroatoms. The summed E-state index contributed by atoms with van der Waals surface area (Å²) in [4.78, 5) is 14.0. The molecule has 0 spiro atoms. The number of hydrogen-bond acceptors (Lipinski definition) is 5. The summed E-state index contributed by atoms with van der Waals surface area (Å²) >= 11 is 0. The lowest BCUT2D eigenvalue weighted by atomic mass is 10.1. The van der Waals surface area contributed by atoms with Gasteiger partial charge in [-0.1, -0.05) is 19.1 Å². The lowest BCUT2D eigenvalue weighted by Gasteiger charge is -2.27. The Morgan fingerprint density at radius 2 is 2.04 bits per heavy atom. The van der Waals surface area contributed by atoms with E-state index in [1.54, 1.807) is 20.1 Å². The quantitative estimate of drug-likeness (QED) is 0.719. The highest BCUT2D eigenvalue weighted by Crippen LogP contribution is 2.26. The van der Waals surface area contributed by atoms with Gasteiger partial charge < -0.3 is 13.9 Å². The Balaban J connectivity index is 2.18. The largest absolute Gasteiger partial charge is 0.497 e. The van der Waals surface area contributed by atoms with Gasteiger partial charge in [-0.25, -0.2) is 4.79 Å². The number of rotatable bonds is 7. The fraction of sp³-hybridized carbons (Fsp3) is 0.421. The maximum Gasteiger partial charge on any atom is 0.341 e. The molecule has 2 aromatic rings. The summed E-state index contributed by atoms with van der Waals surface area (Å²) in [5, 5.41) is 0. The second kappa shape index (κ2) is 8.02. The molecule has 0 N–H and O–H groups in total. The number of carbonyl (C=O) groups excluding carboxylic acids is 1. The standard InChI is InChI=1S/C19H25NO4/c1-6-20(13(2)15-8-7-9-16(10-15)22-4)12-17-11-18(14(3)24-17)19(21)23-5/h7-11,13H,6,12H2,1-5H3. The van der Waals surface area contributed by atoms with E-state index in [0.717, 1.165) is 18.1 Å². The van der Waals surface area contributed by atoms with Gasteiger partial charge in [-0.15, -0.1) is 0 Å². The average molecular weight is 331 g/mol. The van der Waals surface area contributed by atoms with Gasteiger partial charge in [-0.05, 0) is 44.2 Å². The SMILES string of the molecule is CCN(Cc1cc(C(=O)OC)c(C)o1)C(C)c1cccc(OC)c1. The van der Waals surface area contributed by atoms with E-state index in [1.165, 1.54) is 12.7 Å². The molecule has 2 rings (SSSR count). The zero-order valence-corrected chi connectivity index (χ0v) is 15.0. The first-order chi connectivity index (χ1) is 11.5. The first-order valence-electron chi connectivity index (χ1n) is 8.05. The van der Waals surface area contributed by atoms with Crippen molar-refractivity contribution in [2.45, 2.75) is 33.4 Å². The smallest absolute Gasteiger partial charge is 0.341 e. The van der Waals surface area contributed by atoms with Gasteiger partial charge in [-0.2, -0.15) is 0 Å². The average Bonchev–Trinajstić information content (AvgIpc) is 2.98. The molecule has 5 nitrogen and oxygen atoms in total. The van der Waals surface area contributed by atoms with Crippen LogP contribution < -0.4 is 4.74 Å². The summed E-state index contributed by atoms with van der Waals surface area (Å²) in [5.41, 5.74) is 1.66. The zero-order chi connectivity index (χ0) is 17.7. The van der Waals surface area contributed by atoms with E-state index in [1.807, 2.05) is 18.2 Å². The van der Waals surface area contributed by atoms with Crippen LogP contribution in [0.4, 0.5) is 0 Å². The second-order valence-electron chi connectivity index (χ2n) is 5.69. The van der Waals surface area contributed by atoms with Gasteiger partial charge in [0.15, 0.2) is 0 Å². The van der Waals surface area contributed by atoms with Crippen LogP contribution >= 0.6 is 0 Å². The van der Waals surface area contributed by atoms with Gasteiger partial charge >= 0.3 is 5.97 Å². The number of benzene rings is 1. The summed E-state index contributed by atoms with van der Waals surface area (Å²) in [6, 6.07) is 10.0. The van der Waals surface area contributed by atoms with Crippen molar-refractivity contribution >= 4 is 5.97 Å². The topological polar surface area (TPSA) is 51.9 Å². The number of esters is 1. The Morgan fingerprint density at radius 3 is 2.67 bits per heavy atom. The van der Waals surface area contributed by atoms with Crippen LogP contribution in [0.25, 0.3) is 0 Å². The van der Waals surface area contributed by atoms with Crippen molar-refractivity contribution in [2.75, 3.05) is 20.8 Å². The highest BCUT2D eigenvalue weighted by Gasteiger charge is 2.20. The fourth-order valence-corrected chi connectivity index (χ4v) is 2.77. The van der Waals surface area contributed by atoms with Gasteiger partial charge in [0.2, 0.25) is 0 Å². The van der Waals surface area contributed by atoms with Crippen LogP contribution in [0.2, 0.25) is 0 Å². The number of methoxy groups -OCH3 is 2. The van der Waals surface area contributed by atoms with E-state index in [9.17, 15) is 4.79 Å². The normalized spacial score (nSPS) is 12.2. The number of carbonyl (C=O) groups is 1. The van der Waals surface area contributed by atoms with Crippen LogP contribution in [-0.2, 0) is 11.3 Å². The van der Waals surface area contributed by atoms with E-state index < -0.39 is 0 Å². The van der Waals surface area contributed by atoms with E-state index in [0.29, 0.717) is 17.9 Å². The van der Waals surface area contributed by atoms with Gasteiger partial charge in [0, 0.05) is 6.04 Å². The van der Waals surface area contributed by atoms with Crippen LogP contribution in [0.3, 0.4) is 0 Å². The van der Waals surface area contributed by atoms with Gasteiger partial charge in [0.1, 0.15) is 22.8 Å². The monoisotopic (exact) mass is 331 g/mol. The molecular weight excluding hydrogens is 306 g/mol. The third-order valence-corrected chi connectivity index (χ3v) is 4.26. The van der Waals surface area contributed by atoms with Crippen LogP contribution in [0.5, 0.6) is 5.75 Å². The van der Waals surface area contributed by atoms with E-state index in [2.05, 4.69) is 24.8 Å². The molecule has 1 heterocycles. The molecule has 1 aromatic carbocycles. The minimum absolute atomic E-state index is 0.192. The van der Waals surface area contributed by atoms with Crippen LogP contribution in [0, 0.1) is 6.92 Å². The number of hydrogen-bond donors (Lipinski definition) is 0. The lowest BCUT2D eigenvalue weighted by Crippen LogP contribution is -2.26. The molecule has 0 fully saturated rings. The number of ether oxygens (including phenoxy) is 2. The molecule has 0 saturated carbocycles. The Labute approximate surface area is 143 Å². The Bertz CT molecular complexity index is 692. The van der Waals surface area contributed by atoms with Crippen molar-refractivity contribution < 1.29 is 18.7 Å². The summed E-state index contributed by atoms with van der Waals surface area (Å²) in [6.07, 6.45) is 0. The lowest BCUT2D eigenvalue weighted by molar-refractivity contribution is 0.0599. The molecule has 24 heavy (non-hydrogen) atoms. The molecule has 0 bridgehead atoms. The Kier molecular flexibility index (Phi) is 6.04. The highest BCUT2D eigenvalue weighted by molar-refractivity contribution is 5.90. The van der Waals surface area contributed by atoms with Crippen molar-refractivity contribution in [1.82, 2.24) is 4.90 Å². The minimum Gasteiger partial charge on any atom is -0.497 e. The third kappa shape index (κ3) is 3.97. The number of aryl methyl sites for hydroxylation is 1. The zero-order valence-electron chi connectivity index (χ0n) is 15.0. The molecule has 0 saturated heterocycles. The van der Waals surface area contributed by atoms with Crippen molar-refractivity contribution in [3.63, 3.8) is 0 Å². The molecule has 0 aliphatic rings. The molecular formula is C19H25NO4. The molecule has 0 amide bonds. The van der Waals surface area contributed by atoms with Crippen molar-refractivity contribution in [1.29, 1.82) is 0 Å². The van der Waals surface area contributed by atoms with Crippen LogP contribution in [-0.4, -0.2) is 31.6 Å². The van der Waals surface area contributed by atoms with Crippen LogP contribution in [0.1, 0.15) is 47.3 Å². The van der Waals surface area contributed by atoms with Crippen molar-refractivity contribution in [3.05, 3.63) is 53.0 Å². The first kappa shape index (κ1) is 18.1. The molecule has 130 valence electrons. The summed E-state index contributed by atoms with van der Waals surface area (Å²) in [6.45, 7) is 7.50. The minimum atomic E-state index is -0.369. The molecule has 0 aliphatic heterocycles. The summed E-state index contributed by atoms with van der Waals surface area (Å²) < 4.78 is 15.8. The van der Waals surface area contributed by atoms with E-state index in [-0.39, 0.29) is 12.0 Å². The second-order valence-corrected chi connectivity index (χ2v) is 5.69. The molecule has 1 unspecified atom stereocenters. The first-order valence-corrected chi connectivity index (χ1v) is 8.05. The summed E-state index contributed by atoms with van der Waals surface area (Å²) in [5.74, 6) is 1.81.